The number of rotatable bonds is 4. The maximum absolute atomic E-state index is 12.8. The van der Waals surface area contributed by atoms with Crippen molar-refractivity contribution in [3.05, 3.63) is 32.7 Å². The van der Waals surface area contributed by atoms with E-state index < -0.39 is 0 Å². The Labute approximate surface area is 140 Å². The van der Waals surface area contributed by atoms with Gasteiger partial charge in [-0.3, -0.25) is 4.79 Å². The molecule has 1 aliphatic rings. The molecule has 1 aliphatic carbocycles. The lowest BCUT2D eigenvalue weighted by Gasteiger charge is -2.29. The molecule has 0 atom stereocenters. The molecule has 0 bridgehead atoms. The van der Waals surface area contributed by atoms with Crippen LogP contribution >= 0.6 is 31.9 Å². The summed E-state index contributed by atoms with van der Waals surface area (Å²) in [4.78, 5) is 14.5. The number of hydrogen-bond acceptors (Lipinski definition) is 3. The molecule has 0 aromatic heterocycles. The Morgan fingerprint density at radius 3 is 2.62 bits per heavy atom. The number of nitrogens with zero attached hydrogens (tertiary/aromatic N) is 2. The smallest absolute Gasteiger partial charge is 0.255 e. The summed E-state index contributed by atoms with van der Waals surface area (Å²) >= 11 is 6.79. The highest BCUT2D eigenvalue weighted by Crippen LogP contribution is 2.28. The van der Waals surface area contributed by atoms with E-state index in [0.717, 1.165) is 34.6 Å². The van der Waals surface area contributed by atoms with E-state index in [-0.39, 0.29) is 24.3 Å². The van der Waals surface area contributed by atoms with Crippen molar-refractivity contribution in [1.29, 1.82) is 0 Å². The molecule has 21 heavy (non-hydrogen) atoms. The Morgan fingerprint density at radius 2 is 2.05 bits per heavy atom. The zero-order valence-electron chi connectivity index (χ0n) is 11.4. The molecule has 0 spiro atoms. The van der Waals surface area contributed by atoms with Gasteiger partial charge in [0.1, 0.15) is 0 Å². The summed E-state index contributed by atoms with van der Waals surface area (Å²) in [7, 11) is 0. The van der Waals surface area contributed by atoms with Crippen LogP contribution in [-0.2, 0) is 0 Å². The number of oxime groups is 1. The van der Waals surface area contributed by atoms with Crippen LogP contribution in [0.5, 0.6) is 0 Å². The number of carbonyl (C=O) groups excluding carboxylic acids is 1. The van der Waals surface area contributed by atoms with Crippen molar-refractivity contribution in [2.75, 3.05) is 6.54 Å². The van der Waals surface area contributed by atoms with Crippen LogP contribution in [0.25, 0.3) is 0 Å². The fraction of sp³-hybridized carbons (Fsp3) is 0.429. The van der Waals surface area contributed by atoms with E-state index in [9.17, 15) is 4.79 Å². The normalized spacial score (nSPS) is 16.2. The van der Waals surface area contributed by atoms with Gasteiger partial charge in [-0.05, 0) is 47.0 Å². The largest absolute Gasteiger partial charge is 0.409 e. The summed E-state index contributed by atoms with van der Waals surface area (Å²) in [6.45, 7) is 0.141. The summed E-state index contributed by atoms with van der Waals surface area (Å²) < 4.78 is 1.62. The van der Waals surface area contributed by atoms with Crippen LogP contribution in [0.3, 0.4) is 0 Å². The molecule has 0 heterocycles. The number of carbonyl (C=O) groups is 1. The van der Waals surface area contributed by atoms with E-state index in [4.69, 9.17) is 10.9 Å². The molecule has 1 fully saturated rings. The van der Waals surface area contributed by atoms with Crippen molar-refractivity contribution in [2.24, 2.45) is 10.9 Å². The fourth-order valence-corrected chi connectivity index (χ4v) is 3.82. The first-order valence-electron chi connectivity index (χ1n) is 6.75. The van der Waals surface area contributed by atoms with Crippen molar-refractivity contribution in [1.82, 2.24) is 4.90 Å². The van der Waals surface area contributed by atoms with Crippen molar-refractivity contribution in [3.63, 3.8) is 0 Å². The van der Waals surface area contributed by atoms with Crippen LogP contribution in [0, 0.1) is 0 Å². The summed E-state index contributed by atoms with van der Waals surface area (Å²) in [5, 5.41) is 11.8. The molecule has 1 aromatic rings. The van der Waals surface area contributed by atoms with Crippen molar-refractivity contribution >= 4 is 43.6 Å². The van der Waals surface area contributed by atoms with Crippen molar-refractivity contribution in [3.8, 4) is 0 Å². The van der Waals surface area contributed by atoms with Gasteiger partial charge in [0.2, 0.25) is 0 Å². The second-order valence-electron chi connectivity index (χ2n) is 5.09. The molecule has 0 radical (unpaired) electrons. The first kappa shape index (κ1) is 16.3. The Kier molecular flexibility index (Phi) is 5.64. The van der Waals surface area contributed by atoms with Gasteiger partial charge in [0.15, 0.2) is 5.84 Å². The number of halogens is 2. The Balaban J connectivity index is 2.28. The molecule has 0 unspecified atom stereocenters. The van der Waals surface area contributed by atoms with Gasteiger partial charge < -0.3 is 15.8 Å². The number of hydrogen-bond donors (Lipinski definition) is 2. The Bertz CT molecular complexity index is 557. The topological polar surface area (TPSA) is 78.9 Å². The van der Waals surface area contributed by atoms with E-state index in [0.29, 0.717) is 5.56 Å². The third kappa shape index (κ3) is 3.97. The van der Waals surface area contributed by atoms with Gasteiger partial charge >= 0.3 is 0 Å². The van der Waals surface area contributed by atoms with E-state index in [1.807, 2.05) is 12.1 Å². The lowest BCUT2D eigenvalue weighted by molar-refractivity contribution is 0.0711. The van der Waals surface area contributed by atoms with E-state index in [2.05, 4.69) is 37.0 Å². The zero-order chi connectivity index (χ0) is 15.4. The first-order chi connectivity index (χ1) is 10.0. The molecule has 0 saturated heterocycles. The third-order valence-electron chi connectivity index (χ3n) is 3.65. The van der Waals surface area contributed by atoms with Gasteiger partial charge in [0.25, 0.3) is 5.91 Å². The summed E-state index contributed by atoms with van der Waals surface area (Å²) in [5.41, 5.74) is 6.19. The number of amides is 1. The van der Waals surface area contributed by atoms with Gasteiger partial charge in [0.05, 0.1) is 12.1 Å². The van der Waals surface area contributed by atoms with E-state index in [1.165, 1.54) is 0 Å². The Hall–Kier alpha value is -1.08. The molecular formula is C14H17Br2N3O2. The van der Waals surface area contributed by atoms with Crippen LogP contribution in [0.1, 0.15) is 36.0 Å². The van der Waals surface area contributed by atoms with E-state index in [1.54, 1.807) is 11.0 Å². The molecule has 1 aromatic carbocycles. The number of benzene rings is 1. The minimum Gasteiger partial charge on any atom is -0.409 e. The SMILES string of the molecule is N/C(CN(C(=O)c1ccc(Br)cc1Br)C1CCCC1)=N/O. The fourth-order valence-electron chi connectivity index (χ4n) is 2.61. The van der Waals surface area contributed by atoms with Crippen LogP contribution in [0.2, 0.25) is 0 Å². The lowest BCUT2D eigenvalue weighted by Crippen LogP contribution is -2.44. The summed E-state index contributed by atoms with van der Waals surface area (Å²) in [6.07, 6.45) is 4.12. The minimum absolute atomic E-state index is 0.0449. The predicted molar refractivity (Wildman–Crippen MR) is 88.5 cm³/mol. The molecule has 7 heteroatoms. The molecular weight excluding hydrogens is 402 g/mol. The van der Waals surface area contributed by atoms with Gasteiger partial charge in [-0.15, -0.1) is 0 Å². The lowest BCUT2D eigenvalue weighted by atomic mass is 10.1. The maximum atomic E-state index is 12.8. The highest BCUT2D eigenvalue weighted by molar-refractivity contribution is 9.11. The van der Waals surface area contributed by atoms with Crippen LogP contribution in [0.15, 0.2) is 32.3 Å². The highest BCUT2D eigenvalue weighted by Gasteiger charge is 2.29. The third-order valence-corrected chi connectivity index (χ3v) is 4.80. The molecule has 0 aliphatic heterocycles. The van der Waals surface area contributed by atoms with Crippen molar-refractivity contribution < 1.29 is 10.0 Å². The van der Waals surface area contributed by atoms with Crippen LogP contribution in [0.4, 0.5) is 0 Å². The van der Waals surface area contributed by atoms with Gasteiger partial charge in [-0.2, -0.15) is 0 Å². The predicted octanol–water partition coefficient (Wildman–Crippen LogP) is 3.34. The van der Waals surface area contributed by atoms with Crippen LogP contribution in [-0.4, -0.2) is 34.4 Å². The highest BCUT2D eigenvalue weighted by atomic mass is 79.9. The standard InChI is InChI=1S/C14H17Br2N3O2/c15-9-5-6-11(12(16)7-9)14(20)19(8-13(17)18-21)10-3-1-2-4-10/h5-7,10,21H,1-4,8H2,(H2,17,18). The Morgan fingerprint density at radius 1 is 1.38 bits per heavy atom. The van der Waals surface area contributed by atoms with E-state index >= 15 is 0 Å². The average Bonchev–Trinajstić information content (AvgIpc) is 2.97. The summed E-state index contributed by atoms with van der Waals surface area (Å²) in [5.74, 6) is -0.0589. The molecule has 5 nitrogen and oxygen atoms in total. The summed E-state index contributed by atoms with van der Waals surface area (Å²) in [6, 6.07) is 5.58. The minimum atomic E-state index is -0.104. The first-order valence-corrected chi connectivity index (χ1v) is 8.34. The molecule has 3 N–H and O–H groups in total. The molecule has 1 saturated carbocycles. The van der Waals surface area contributed by atoms with Crippen molar-refractivity contribution in [2.45, 2.75) is 31.7 Å². The second-order valence-corrected chi connectivity index (χ2v) is 6.86. The monoisotopic (exact) mass is 417 g/mol. The molecule has 2 rings (SSSR count). The number of amidine groups is 1. The average molecular weight is 419 g/mol. The molecule has 1 amide bonds. The quantitative estimate of drug-likeness (QED) is 0.340. The van der Waals surface area contributed by atoms with Gasteiger partial charge in [-0.1, -0.05) is 33.9 Å². The number of nitrogens with two attached hydrogens (primary N) is 1. The van der Waals surface area contributed by atoms with Crippen LogP contribution < -0.4 is 5.73 Å². The maximum Gasteiger partial charge on any atom is 0.255 e. The zero-order valence-corrected chi connectivity index (χ0v) is 14.6. The van der Waals surface area contributed by atoms with Gasteiger partial charge in [0, 0.05) is 15.0 Å². The molecule has 114 valence electrons. The van der Waals surface area contributed by atoms with Gasteiger partial charge in [-0.25, -0.2) is 0 Å². The second kappa shape index (κ2) is 7.26.